The van der Waals surface area contributed by atoms with Gasteiger partial charge >= 0.3 is 0 Å². The maximum absolute atomic E-state index is 11.2. The van der Waals surface area contributed by atoms with Gasteiger partial charge in [-0.25, -0.2) is 0 Å². The van der Waals surface area contributed by atoms with Crippen molar-refractivity contribution in [1.82, 2.24) is 4.90 Å². The molecule has 0 saturated heterocycles. The molecule has 0 aromatic carbocycles. The predicted molar refractivity (Wildman–Crippen MR) is 50.8 cm³/mol. The number of likely N-dealkylation sites (N-methyl/N-ethyl adjacent to an activating group) is 1. The lowest BCUT2D eigenvalue weighted by Crippen LogP contribution is -2.41. The van der Waals surface area contributed by atoms with E-state index in [1.54, 1.807) is 6.92 Å². The monoisotopic (exact) mass is 167 g/mol. The van der Waals surface area contributed by atoms with Crippen molar-refractivity contribution < 1.29 is 4.79 Å². The number of ketones is 1. The van der Waals surface area contributed by atoms with Crippen molar-refractivity contribution in [3.8, 4) is 12.3 Å². The molecule has 0 N–H and O–H groups in total. The molecule has 0 radical (unpaired) electrons. The zero-order chi connectivity index (χ0) is 9.72. The lowest BCUT2D eigenvalue weighted by molar-refractivity contribution is -0.122. The van der Waals surface area contributed by atoms with Gasteiger partial charge in [-0.15, -0.1) is 6.42 Å². The van der Waals surface area contributed by atoms with E-state index in [0.717, 1.165) is 0 Å². The number of hydrogen-bond acceptors (Lipinski definition) is 2. The average molecular weight is 167 g/mol. The summed E-state index contributed by atoms with van der Waals surface area (Å²) in [6, 6.07) is -0.0407. The van der Waals surface area contributed by atoms with Crippen molar-refractivity contribution >= 4 is 5.78 Å². The highest BCUT2D eigenvalue weighted by Gasteiger charge is 2.21. The van der Waals surface area contributed by atoms with Crippen LogP contribution in [0.15, 0.2) is 0 Å². The Balaban J connectivity index is 4.31. The Morgan fingerprint density at radius 3 is 2.33 bits per heavy atom. The van der Waals surface area contributed by atoms with Crippen LogP contribution >= 0.6 is 0 Å². The van der Waals surface area contributed by atoms with Crippen molar-refractivity contribution in [2.24, 2.45) is 5.92 Å². The van der Waals surface area contributed by atoms with Crippen LogP contribution in [-0.2, 0) is 4.79 Å². The maximum atomic E-state index is 11.2. The average Bonchev–Trinajstić information content (AvgIpc) is 1.85. The van der Waals surface area contributed by atoms with Crippen LogP contribution in [0.2, 0.25) is 0 Å². The Morgan fingerprint density at radius 2 is 2.08 bits per heavy atom. The van der Waals surface area contributed by atoms with Crippen molar-refractivity contribution in [3.05, 3.63) is 0 Å². The van der Waals surface area contributed by atoms with Crippen molar-refractivity contribution in [1.29, 1.82) is 0 Å². The molecule has 0 bridgehead atoms. The van der Waals surface area contributed by atoms with Gasteiger partial charge in [0.2, 0.25) is 0 Å². The molecule has 0 amide bonds. The van der Waals surface area contributed by atoms with Crippen LogP contribution in [0.5, 0.6) is 0 Å². The first-order chi connectivity index (χ1) is 5.50. The molecule has 0 rings (SSSR count). The molecule has 0 aromatic rings. The Kier molecular flexibility index (Phi) is 4.61. The maximum Gasteiger partial charge on any atom is 0.147 e. The third kappa shape index (κ3) is 3.06. The highest BCUT2D eigenvalue weighted by Crippen LogP contribution is 2.09. The van der Waals surface area contributed by atoms with Gasteiger partial charge in [-0.2, -0.15) is 0 Å². The molecular weight excluding hydrogens is 150 g/mol. The Bertz CT molecular complexity index is 191. The van der Waals surface area contributed by atoms with E-state index in [0.29, 0.717) is 12.5 Å². The van der Waals surface area contributed by atoms with E-state index >= 15 is 0 Å². The molecule has 0 aliphatic rings. The number of terminal acetylenes is 1. The Morgan fingerprint density at radius 1 is 1.58 bits per heavy atom. The number of nitrogens with zero attached hydrogens (tertiary/aromatic N) is 1. The van der Waals surface area contributed by atoms with E-state index in [1.165, 1.54) is 0 Å². The molecule has 1 unspecified atom stereocenters. The van der Waals surface area contributed by atoms with Gasteiger partial charge in [-0.1, -0.05) is 19.8 Å². The zero-order valence-corrected chi connectivity index (χ0v) is 8.29. The number of carbonyl (C=O) groups excluding carboxylic acids is 1. The number of Topliss-reactive ketones (excluding diaryl/α,β-unsaturated/α-hetero) is 1. The summed E-state index contributed by atoms with van der Waals surface area (Å²) in [6.07, 6.45) is 5.16. The molecule has 12 heavy (non-hydrogen) atoms. The highest BCUT2D eigenvalue weighted by molar-refractivity contribution is 5.81. The van der Waals surface area contributed by atoms with Crippen LogP contribution in [-0.4, -0.2) is 30.3 Å². The molecule has 2 heteroatoms. The van der Waals surface area contributed by atoms with Gasteiger partial charge in [0, 0.05) is 0 Å². The summed E-state index contributed by atoms with van der Waals surface area (Å²) in [6.45, 7) is 6.19. The van der Waals surface area contributed by atoms with Crippen molar-refractivity contribution in [2.45, 2.75) is 26.8 Å². The molecule has 0 aliphatic heterocycles. The van der Waals surface area contributed by atoms with Crippen LogP contribution in [0.25, 0.3) is 0 Å². The zero-order valence-electron chi connectivity index (χ0n) is 8.29. The first kappa shape index (κ1) is 11.2. The van der Waals surface area contributed by atoms with Gasteiger partial charge in [0.1, 0.15) is 5.78 Å². The minimum Gasteiger partial charge on any atom is -0.298 e. The lowest BCUT2D eigenvalue weighted by atomic mass is 9.99. The summed E-state index contributed by atoms with van der Waals surface area (Å²) < 4.78 is 0. The van der Waals surface area contributed by atoms with E-state index < -0.39 is 0 Å². The summed E-state index contributed by atoms with van der Waals surface area (Å²) in [4.78, 5) is 13.1. The van der Waals surface area contributed by atoms with Crippen LogP contribution in [0, 0.1) is 18.3 Å². The molecule has 0 aliphatic carbocycles. The summed E-state index contributed by atoms with van der Waals surface area (Å²) in [7, 11) is 1.88. The predicted octanol–water partition coefficient (Wildman–Crippen LogP) is 1.16. The van der Waals surface area contributed by atoms with Crippen LogP contribution < -0.4 is 0 Å². The summed E-state index contributed by atoms with van der Waals surface area (Å²) >= 11 is 0. The van der Waals surface area contributed by atoms with Crippen LogP contribution in [0.3, 0.4) is 0 Å². The van der Waals surface area contributed by atoms with E-state index in [-0.39, 0.29) is 11.8 Å². The molecule has 2 nitrogen and oxygen atoms in total. The third-order valence-corrected chi connectivity index (χ3v) is 1.86. The quantitative estimate of drug-likeness (QED) is 0.586. The summed E-state index contributed by atoms with van der Waals surface area (Å²) in [5.41, 5.74) is 0. The second-order valence-electron chi connectivity index (χ2n) is 3.42. The lowest BCUT2D eigenvalue weighted by Gasteiger charge is -2.27. The van der Waals surface area contributed by atoms with Gasteiger partial charge in [0.25, 0.3) is 0 Å². The Hall–Kier alpha value is -0.810. The molecule has 0 saturated carbocycles. The Labute approximate surface area is 74.9 Å². The van der Waals surface area contributed by atoms with E-state index in [1.807, 2.05) is 25.8 Å². The number of hydrogen-bond donors (Lipinski definition) is 0. The SMILES string of the molecule is C#CCN(C)C(C(C)=O)C(C)C. The van der Waals surface area contributed by atoms with Gasteiger partial charge in [-0.3, -0.25) is 9.69 Å². The molecule has 0 aromatic heterocycles. The molecule has 0 fully saturated rings. The number of carbonyl (C=O) groups is 1. The first-order valence-corrected chi connectivity index (χ1v) is 4.14. The third-order valence-electron chi connectivity index (χ3n) is 1.86. The van der Waals surface area contributed by atoms with E-state index in [9.17, 15) is 4.79 Å². The normalized spacial score (nSPS) is 13.1. The largest absolute Gasteiger partial charge is 0.298 e. The molecule has 1 atom stereocenters. The number of rotatable bonds is 4. The van der Waals surface area contributed by atoms with Gasteiger partial charge in [0.05, 0.1) is 12.6 Å². The van der Waals surface area contributed by atoms with Crippen molar-refractivity contribution in [2.75, 3.05) is 13.6 Å². The molecule has 68 valence electrons. The van der Waals surface area contributed by atoms with Crippen LogP contribution in [0.1, 0.15) is 20.8 Å². The van der Waals surface area contributed by atoms with Crippen molar-refractivity contribution in [3.63, 3.8) is 0 Å². The summed E-state index contributed by atoms with van der Waals surface area (Å²) in [5, 5.41) is 0. The van der Waals surface area contributed by atoms with E-state index in [2.05, 4.69) is 5.92 Å². The van der Waals surface area contributed by atoms with E-state index in [4.69, 9.17) is 6.42 Å². The fourth-order valence-corrected chi connectivity index (χ4v) is 1.53. The highest BCUT2D eigenvalue weighted by atomic mass is 16.1. The van der Waals surface area contributed by atoms with Gasteiger partial charge in [0.15, 0.2) is 0 Å². The molecular formula is C10H17NO. The fraction of sp³-hybridized carbons (Fsp3) is 0.700. The second kappa shape index (κ2) is 4.95. The summed E-state index contributed by atoms with van der Waals surface area (Å²) in [5.74, 6) is 3.03. The molecule has 0 spiro atoms. The minimum absolute atomic E-state index is 0.0407. The fourth-order valence-electron chi connectivity index (χ4n) is 1.53. The first-order valence-electron chi connectivity index (χ1n) is 4.14. The molecule has 0 heterocycles. The minimum atomic E-state index is -0.0407. The second-order valence-corrected chi connectivity index (χ2v) is 3.42. The smallest absolute Gasteiger partial charge is 0.147 e. The van der Waals surface area contributed by atoms with Gasteiger partial charge in [-0.05, 0) is 19.9 Å². The van der Waals surface area contributed by atoms with Crippen LogP contribution in [0.4, 0.5) is 0 Å². The standard InChI is InChI=1S/C10H17NO/c1-6-7-11(5)10(8(2)3)9(4)12/h1,8,10H,7H2,2-5H3. The topological polar surface area (TPSA) is 20.3 Å². The van der Waals surface area contributed by atoms with Gasteiger partial charge < -0.3 is 0 Å².